The quantitative estimate of drug-likeness (QED) is 0.496. The van der Waals surface area contributed by atoms with Crippen LogP contribution < -0.4 is 4.74 Å². The minimum absolute atomic E-state index is 0.154. The van der Waals surface area contributed by atoms with E-state index in [4.69, 9.17) is 11.6 Å². The molecule has 150 valence electrons. The Hall–Kier alpha value is -2.51. The Balaban J connectivity index is 1.69. The SMILES string of the molecule is O=C(c1ccc(Cl)cc1)N1CCc2sccc2C1c1ccc(OC(F)(F)F)cc1. The van der Waals surface area contributed by atoms with E-state index in [0.717, 1.165) is 17.5 Å². The number of amides is 1. The highest BCUT2D eigenvalue weighted by Gasteiger charge is 2.34. The third-order valence-corrected chi connectivity index (χ3v) is 6.00. The van der Waals surface area contributed by atoms with Gasteiger partial charge in [-0.15, -0.1) is 24.5 Å². The van der Waals surface area contributed by atoms with Gasteiger partial charge in [0.1, 0.15) is 5.75 Å². The van der Waals surface area contributed by atoms with Crippen molar-refractivity contribution in [2.75, 3.05) is 6.54 Å². The van der Waals surface area contributed by atoms with Crippen molar-refractivity contribution in [1.29, 1.82) is 0 Å². The van der Waals surface area contributed by atoms with Gasteiger partial charge in [-0.2, -0.15) is 0 Å². The second kappa shape index (κ2) is 7.72. The summed E-state index contributed by atoms with van der Waals surface area (Å²) in [5.41, 5.74) is 2.23. The molecule has 1 aliphatic rings. The summed E-state index contributed by atoms with van der Waals surface area (Å²) in [6.45, 7) is 0.514. The van der Waals surface area contributed by atoms with Crippen LogP contribution in [0.2, 0.25) is 5.02 Å². The fourth-order valence-corrected chi connectivity index (χ4v) is 4.53. The van der Waals surface area contributed by atoms with Crippen molar-refractivity contribution in [2.24, 2.45) is 0 Å². The van der Waals surface area contributed by atoms with Crippen molar-refractivity contribution < 1.29 is 22.7 Å². The van der Waals surface area contributed by atoms with Gasteiger partial charge in [0, 0.05) is 22.0 Å². The Morgan fingerprint density at radius 1 is 1.07 bits per heavy atom. The molecule has 4 rings (SSSR count). The maximum atomic E-state index is 13.2. The molecule has 0 saturated carbocycles. The van der Waals surface area contributed by atoms with Crippen molar-refractivity contribution in [3.8, 4) is 5.75 Å². The van der Waals surface area contributed by atoms with Gasteiger partial charge in [0.2, 0.25) is 0 Å². The predicted molar refractivity (Wildman–Crippen MR) is 105 cm³/mol. The van der Waals surface area contributed by atoms with Gasteiger partial charge in [0.25, 0.3) is 5.91 Å². The van der Waals surface area contributed by atoms with E-state index in [9.17, 15) is 18.0 Å². The molecule has 1 unspecified atom stereocenters. The normalized spacial score (nSPS) is 16.4. The van der Waals surface area contributed by atoms with Gasteiger partial charge in [-0.05, 0) is 65.4 Å². The average molecular weight is 438 g/mol. The highest BCUT2D eigenvalue weighted by molar-refractivity contribution is 7.10. The Morgan fingerprint density at radius 2 is 1.76 bits per heavy atom. The summed E-state index contributed by atoms with van der Waals surface area (Å²) in [6, 6.07) is 13.9. The first-order chi connectivity index (χ1) is 13.8. The van der Waals surface area contributed by atoms with Crippen molar-refractivity contribution in [3.05, 3.63) is 86.6 Å². The van der Waals surface area contributed by atoms with E-state index in [1.165, 1.54) is 17.0 Å². The number of carbonyl (C=O) groups is 1. The maximum absolute atomic E-state index is 13.2. The fourth-order valence-electron chi connectivity index (χ4n) is 3.50. The molecule has 0 N–H and O–H groups in total. The van der Waals surface area contributed by atoms with E-state index in [1.54, 1.807) is 52.6 Å². The van der Waals surface area contributed by atoms with E-state index >= 15 is 0 Å². The van der Waals surface area contributed by atoms with E-state index in [2.05, 4.69) is 4.74 Å². The summed E-state index contributed by atoms with van der Waals surface area (Å²) in [4.78, 5) is 16.1. The minimum Gasteiger partial charge on any atom is -0.406 e. The lowest BCUT2D eigenvalue weighted by molar-refractivity contribution is -0.274. The van der Waals surface area contributed by atoms with Gasteiger partial charge in [-0.3, -0.25) is 4.79 Å². The van der Waals surface area contributed by atoms with Crippen LogP contribution in [0.15, 0.2) is 60.0 Å². The first-order valence-corrected chi connectivity index (χ1v) is 10.1. The number of hydrogen-bond acceptors (Lipinski definition) is 3. The number of nitrogens with zero attached hydrogens (tertiary/aromatic N) is 1. The molecule has 2 heterocycles. The van der Waals surface area contributed by atoms with Gasteiger partial charge in [-0.1, -0.05) is 23.7 Å². The fraction of sp³-hybridized carbons (Fsp3) is 0.190. The molecule has 1 amide bonds. The molecule has 0 radical (unpaired) electrons. The molecule has 29 heavy (non-hydrogen) atoms. The molecule has 0 saturated heterocycles. The summed E-state index contributed by atoms with van der Waals surface area (Å²) in [5, 5.41) is 2.51. The Kier molecular flexibility index (Phi) is 5.27. The standard InChI is InChI=1S/C21H15ClF3NO2S/c22-15-5-1-14(2-6-15)20(27)26-11-9-18-17(10-12-29-18)19(26)13-3-7-16(8-4-13)28-21(23,24)25/h1-8,10,12,19H,9,11H2. The van der Waals surface area contributed by atoms with Crippen LogP contribution in [0.25, 0.3) is 0 Å². The molecule has 0 bridgehead atoms. The molecule has 1 aromatic heterocycles. The lowest BCUT2D eigenvalue weighted by Crippen LogP contribution is -2.40. The number of alkyl halides is 3. The highest BCUT2D eigenvalue weighted by Crippen LogP contribution is 2.39. The van der Waals surface area contributed by atoms with Crippen LogP contribution >= 0.6 is 22.9 Å². The van der Waals surface area contributed by atoms with Crippen molar-refractivity contribution in [2.45, 2.75) is 18.8 Å². The van der Waals surface area contributed by atoms with Crippen LogP contribution in [-0.4, -0.2) is 23.7 Å². The van der Waals surface area contributed by atoms with Crippen molar-refractivity contribution >= 4 is 28.8 Å². The Labute approximate surface area is 174 Å². The molecule has 0 spiro atoms. The molecule has 3 aromatic rings. The number of ether oxygens (including phenoxy) is 1. The van der Waals surface area contributed by atoms with Crippen LogP contribution in [0.5, 0.6) is 5.75 Å². The van der Waals surface area contributed by atoms with Crippen LogP contribution in [0.1, 0.15) is 32.4 Å². The molecule has 2 aromatic carbocycles. The average Bonchev–Trinajstić information content (AvgIpc) is 3.15. The van der Waals surface area contributed by atoms with Gasteiger partial charge in [-0.25, -0.2) is 0 Å². The van der Waals surface area contributed by atoms with Crippen molar-refractivity contribution in [1.82, 2.24) is 4.90 Å². The summed E-state index contributed by atoms with van der Waals surface area (Å²) in [5.74, 6) is -0.447. The summed E-state index contributed by atoms with van der Waals surface area (Å²) in [6.07, 6.45) is -4.01. The van der Waals surface area contributed by atoms with E-state index in [1.807, 2.05) is 11.4 Å². The van der Waals surface area contributed by atoms with Gasteiger partial charge < -0.3 is 9.64 Å². The number of halogens is 4. The van der Waals surface area contributed by atoms with Gasteiger partial charge >= 0.3 is 6.36 Å². The lowest BCUT2D eigenvalue weighted by atomic mass is 9.92. The molecule has 1 atom stereocenters. The van der Waals surface area contributed by atoms with Crippen molar-refractivity contribution in [3.63, 3.8) is 0 Å². The van der Waals surface area contributed by atoms with Crippen LogP contribution in [0, 0.1) is 0 Å². The summed E-state index contributed by atoms with van der Waals surface area (Å²) >= 11 is 7.54. The molecule has 0 fully saturated rings. The number of hydrogen-bond donors (Lipinski definition) is 0. The Bertz CT molecular complexity index is 1020. The van der Waals surface area contributed by atoms with Gasteiger partial charge in [0.05, 0.1) is 6.04 Å². The zero-order chi connectivity index (χ0) is 20.6. The number of carbonyl (C=O) groups excluding carboxylic acids is 1. The molecule has 3 nitrogen and oxygen atoms in total. The zero-order valence-electron chi connectivity index (χ0n) is 14.9. The molecule has 0 aliphatic carbocycles. The number of thiophene rings is 1. The number of fused-ring (bicyclic) bond motifs is 1. The molecule has 1 aliphatic heterocycles. The smallest absolute Gasteiger partial charge is 0.406 e. The number of benzene rings is 2. The van der Waals surface area contributed by atoms with Crippen LogP contribution in [-0.2, 0) is 6.42 Å². The van der Waals surface area contributed by atoms with E-state index < -0.39 is 6.36 Å². The summed E-state index contributed by atoms with van der Waals surface area (Å²) in [7, 11) is 0. The second-order valence-corrected chi connectivity index (χ2v) is 8.01. The van der Waals surface area contributed by atoms with Crippen LogP contribution in [0.4, 0.5) is 13.2 Å². The third kappa shape index (κ3) is 4.26. The largest absolute Gasteiger partial charge is 0.573 e. The minimum atomic E-state index is -4.75. The Morgan fingerprint density at radius 3 is 2.41 bits per heavy atom. The highest BCUT2D eigenvalue weighted by atomic mass is 35.5. The summed E-state index contributed by atoms with van der Waals surface area (Å²) < 4.78 is 41.3. The van der Waals surface area contributed by atoms with E-state index in [-0.39, 0.29) is 17.7 Å². The maximum Gasteiger partial charge on any atom is 0.573 e. The monoisotopic (exact) mass is 437 g/mol. The predicted octanol–water partition coefficient (Wildman–Crippen LogP) is 6.09. The second-order valence-electron chi connectivity index (χ2n) is 6.57. The molecular weight excluding hydrogens is 423 g/mol. The third-order valence-electron chi connectivity index (χ3n) is 4.75. The lowest BCUT2D eigenvalue weighted by Gasteiger charge is -2.36. The zero-order valence-corrected chi connectivity index (χ0v) is 16.5. The molecule has 8 heteroatoms. The first-order valence-electron chi connectivity index (χ1n) is 8.80. The van der Waals surface area contributed by atoms with E-state index in [0.29, 0.717) is 17.1 Å². The van der Waals surface area contributed by atoms with Crippen LogP contribution in [0.3, 0.4) is 0 Å². The topological polar surface area (TPSA) is 29.5 Å². The number of rotatable bonds is 3. The van der Waals surface area contributed by atoms with Gasteiger partial charge in [0.15, 0.2) is 0 Å². The molecular formula is C21H15ClF3NO2S. The first kappa shape index (κ1) is 19.8.